The number of nitriles is 1. The van der Waals surface area contributed by atoms with E-state index in [0.29, 0.717) is 6.42 Å². The molecule has 0 atom stereocenters. The van der Waals surface area contributed by atoms with Crippen LogP contribution in [0.2, 0.25) is 0 Å². The molecule has 0 aromatic carbocycles. The van der Waals surface area contributed by atoms with Crippen molar-refractivity contribution in [1.29, 1.82) is 5.26 Å². The number of carbonyl (C=O) groups is 1. The first kappa shape index (κ1) is 17.1. The Balaban J connectivity index is 3.16. The number of hydrogen-bond acceptors (Lipinski definition) is 6. The maximum Gasteiger partial charge on any atom is 0.321 e. The fourth-order valence-electron chi connectivity index (χ4n) is 1.71. The molecule has 0 aliphatic heterocycles. The monoisotopic (exact) mass is 311 g/mol. The summed E-state index contributed by atoms with van der Waals surface area (Å²) >= 11 is 0. The Hall–Kier alpha value is -1.98. The van der Waals surface area contributed by atoms with Gasteiger partial charge in [-0.2, -0.15) is 9.57 Å². The molecule has 0 aliphatic rings. The van der Waals surface area contributed by atoms with E-state index in [4.69, 9.17) is 10.00 Å². The molecule has 21 heavy (non-hydrogen) atoms. The minimum atomic E-state index is -3.97. The maximum atomic E-state index is 12.6. The van der Waals surface area contributed by atoms with Crippen molar-refractivity contribution in [3.8, 4) is 6.07 Å². The molecule has 0 fully saturated rings. The zero-order valence-electron chi connectivity index (χ0n) is 11.9. The van der Waals surface area contributed by atoms with E-state index in [1.165, 1.54) is 18.3 Å². The number of sulfonamides is 1. The highest BCUT2D eigenvalue weighted by Crippen LogP contribution is 2.18. The van der Waals surface area contributed by atoms with Crippen LogP contribution in [-0.4, -0.2) is 43.4 Å². The fourth-order valence-corrected chi connectivity index (χ4v) is 3.28. The molecule has 0 saturated carbocycles. The second-order valence-corrected chi connectivity index (χ2v) is 6.01. The number of esters is 1. The summed E-state index contributed by atoms with van der Waals surface area (Å²) in [5.74, 6) is -0.628. The van der Waals surface area contributed by atoms with E-state index in [-0.39, 0.29) is 30.3 Å². The molecule has 114 valence electrons. The van der Waals surface area contributed by atoms with Crippen molar-refractivity contribution in [3.05, 3.63) is 24.0 Å². The van der Waals surface area contributed by atoms with E-state index in [2.05, 4.69) is 4.98 Å². The van der Waals surface area contributed by atoms with Crippen LogP contribution in [0.5, 0.6) is 0 Å². The van der Waals surface area contributed by atoms with Gasteiger partial charge in [0.25, 0.3) is 0 Å². The topological polar surface area (TPSA) is 100 Å². The molecule has 8 heteroatoms. The van der Waals surface area contributed by atoms with Gasteiger partial charge < -0.3 is 4.74 Å². The Bertz CT molecular complexity index is 637. The highest BCUT2D eigenvalue weighted by atomic mass is 32.2. The Morgan fingerprint density at radius 3 is 2.76 bits per heavy atom. The lowest BCUT2D eigenvalue weighted by Crippen LogP contribution is -2.37. The molecule has 0 aliphatic carbocycles. The van der Waals surface area contributed by atoms with Gasteiger partial charge in [0.2, 0.25) is 10.0 Å². The molecule has 0 amide bonds. The molecule has 0 spiro atoms. The molecular weight excluding hydrogens is 294 g/mol. The Morgan fingerprint density at radius 1 is 1.48 bits per heavy atom. The summed E-state index contributed by atoms with van der Waals surface area (Å²) < 4.78 is 30.9. The van der Waals surface area contributed by atoms with E-state index in [9.17, 15) is 13.2 Å². The quantitative estimate of drug-likeness (QED) is 0.694. The normalized spacial score (nSPS) is 11.1. The molecule has 0 N–H and O–H groups in total. The van der Waals surface area contributed by atoms with E-state index >= 15 is 0 Å². The van der Waals surface area contributed by atoms with Crippen LogP contribution in [0.1, 0.15) is 26.0 Å². The van der Waals surface area contributed by atoms with Gasteiger partial charge in [-0.15, -0.1) is 0 Å². The second kappa shape index (κ2) is 7.71. The van der Waals surface area contributed by atoms with Crippen molar-refractivity contribution in [2.75, 3.05) is 19.7 Å². The van der Waals surface area contributed by atoms with Gasteiger partial charge in [0.05, 0.1) is 6.61 Å². The number of rotatable bonds is 7. The Labute approximate surface area is 124 Å². The summed E-state index contributed by atoms with van der Waals surface area (Å²) in [5.41, 5.74) is -0.192. The van der Waals surface area contributed by atoms with Crippen molar-refractivity contribution in [2.24, 2.45) is 0 Å². The molecule has 1 aromatic heterocycles. The summed E-state index contributed by atoms with van der Waals surface area (Å²) in [6.45, 7) is 3.38. The first-order valence-corrected chi connectivity index (χ1v) is 7.92. The molecule has 1 rings (SSSR count). The first-order chi connectivity index (χ1) is 9.97. The van der Waals surface area contributed by atoms with E-state index in [0.717, 1.165) is 4.31 Å². The average molecular weight is 311 g/mol. The van der Waals surface area contributed by atoms with Crippen molar-refractivity contribution in [3.63, 3.8) is 0 Å². The lowest BCUT2D eigenvalue weighted by atomic mass is 10.4. The van der Waals surface area contributed by atoms with Crippen molar-refractivity contribution >= 4 is 16.0 Å². The van der Waals surface area contributed by atoms with Gasteiger partial charge in [0.15, 0.2) is 5.69 Å². The highest BCUT2D eigenvalue weighted by molar-refractivity contribution is 7.89. The van der Waals surface area contributed by atoms with Crippen LogP contribution in [0, 0.1) is 11.3 Å². The number of hydrogen-bond donors (Lipinski definition) is 0. The second-order valence-electron chi connectivity index (χ2n) is 4.11. The first-order valence-electron chi connectivity index (χ1n) is 6.48. The number of pyridine rings is 1. The van der Waals surface area contributed by atoms with Gasteiger partial charge >= 0.3 is 5.97 Å². The van der Waals surface area contributed by atoms with Crippen LogP contribution in [0.25, 0.3) is 0 Å². The summed E-state index contributed by atoms with van der Waals surface area (Å²) in [6, 6.07) is 4.48. The molecule has 0 saturated heterocycles. The molecule has 0 bridgehead atoms. The van der Waals surface area contributed by atoms with Crippen LogP contribution in [0.15, 0.2) is 23.2 Å². The van der Waals surface area contributed by atoms with Gasteiger partial charge in [-0.3, -0.25) is 4.79 Å². The van der Waals surface area contributed by atoms with Crippen molar-refractivity contribution in [1.82, 2.24) is 9.29 Å². The smallest absolute Gasteiger partial charge is 0.321 e. The molecule has 1 aromatic rings. The van der Waals surface area contributed by atoms with Gasteiger partial charge in [0.1, 0.15) is 17.5 Å². The Morgan fingerprint density at radius 2 is 2.19 bits per heavy atom. The summed E-state index contributed by atoms with van der Waals surface area (Å²) in [7, 11) is -3.97. The zero-order chi connectivity index (χ0) is 15.9. The standard InChI is InChI=1S/C13H17N3O4S/c1-3-8-16(10-13(17)20-4-2)21(18,19)12-6-5-7-15-11(12)9-14/h5-7H,3-4,8,10H2,1-2H3. The highest BCUT2D eigenvalue weighted by Gasteiger charge is 2.29. The van der Waals surface area contributed by atoms with E-state index in [1.54, 1.807) is 19.9 Å². The summed E-state index contributed by atoms with van der Waals surface area (Å²) in [6.07, 6.45) is 1.87. The van der Waals surface area contributed by atoms with Crippen LogP contribution in [-0.2, 0) is 19.6 Å². The lowest BCUT2D eigenvalue weighted by molar-refractivity contribution is -0.143. The number of nitrogens with zero attached hydrogens (tertiary/aromatic N) is 3. The van der Waals surface area contributed by atoms with Crippen LogP contribution < -0.4 is 0 Å². The van der Waals surface area contributed by atoms with Crippen molar-refractivity contribution < 1.29 is 17.9 Å². The number of carbonyl (C=O) groups excluding carboxylic acids is 1. The Kier molecular flexibility index (Phi) is 6.27. The number of aromatic nitrogens is 1. The predicted octanol–water partition coefficient (Wildman–Crippen LogP) is 0.917. The SMILES string of the molecule is CCCN(CC(=O)OCC)S(=O)(=O)c1cccnc1C#N. The minimum absolute atomic E-state index is 0.154. The third kappa shape index (κ3) is 4.24. The van der Waals surface area contributed by atoms with Gasteiger partial charge in [-0.1, -0.05) is 6.92 Å². The van der Waals surface area contributed by atoms with Crippen LogP contribution in [0.4, 0.5) is 0 Å². The van der Waals surface area contributed by atoms with Gasteiger partial charge in [0, 0.05) is 12.7 Å². The maximum absolute atomic E-state index is 12.6. The van der Waals surface area contributed by atoms with Crippen LogP contribution in [0.3, 0.4) is 0 Å². The fraction of sp³-hybridized carbons (Fsp3) is 0.462. The largest absolute Gasteiger partial charge is 0.465 e. The van der Waals surface area contributed by atoms with Gasteiger partial charge in [-0.05, 0) is 25.5 Å². The lowest BCUT2D eigenvalue weighted by Gasteiger charge is -2.20. The van der Waals surface area contributed by atoms with Crippen molar-refractivity contribution in [2.45, 2.75) is 25.2 Å². The summed E-state index contributed by atoms with van der Waals surface area (Å²) in [5, 5.41) is 8.97. The molecular formula is C13H17N3O4S. The van der Waals surface area contributed by atoms with E-state index < -0.39 is 16.0 Å². The van der Waals surface area contributed by atoms with E-state index in [1.807, 2.05) is 0 Å². The predicted molar refractivity (Wildman–Crippen MR) is 74.6 cm³/mol. The molecule has 7 nitrogen and oxygen atoms in total. The average Bonchev–Trinajstić information content (AvgIpc) is 2.47. The third-order valence-electron chi connectivity index (χ3n) is 2.58. The van der Waals surface area contributed by atoms with Gasteiger partial charge in [-0.25, -0.2) is 13.4 Å². The molecule has 1 heterocycles. The number of ether oxygens (including phenoxy) is 1. The zero-order valence-corrected chi connectivity index (χ0v) is 12.8. The third-order valence-corrected chi connectivity index (χ3v) is 4.45. The molecule has 0 radical (unpaired) electrons. The van der Waals surface area contributed by atoms with Crippen LogP contribution >= 0.6 is 0 Å². The minimum Gasteiger partial charge on any atom is -0.465 e. The summed E-state index contributed by atoms with van der Waals surface area (Å²) in [4.78, 5) is 15.1. The molecule has 0 unspecified atom stereocenters.